The Kier molecular flexibility index (Phi) is 15.4. The van der Waals surface area contributed by atoms with Gasteiger partial charge in [0.2, 0.25) is 0 Å². The molecule has 0 aromatic rings. The molecule has 0 aliphatic rings. The van der Waals surface area contributed by atoms with Gasteiger partial charge in [-0.05, 0) is 6.92 Å². The third-order valence-corrected chi connectivity index (χ3v) is 1.78. The van der Waals surface area contributed by atoms with Crippen LogP contribution in [0.4, 0.5) is 0 Å². The minimum absolute atomic E-state index is 0.575. The Bertz CT molecular complexity index is 78.2. The van der Waals surface area contributed by atoms with E-state index >= 15 is 0 Å². The molecule has 0 N–H and O–H groups in total. The Morgan fingerprint density at radius 3 is 2.00 bits per heavy atom. The molecule has 3 nitrogen and oxygen atoms in total. The standard InChI is InChI=1S/C4H11O2P.Al.O.H/c1-3-6-7(5)4-2;;;/h7H,3-4H2,1-2H3;;;. The first-order chi connectivity index (χ1) is 4.31. The molecule has 54 valence electrons. The second-order valence-electron chi connectivity index (χ2n) is 1.16. The van der Waals surface area contributed by atoms with Gasteiger partial charge in [0.25, 0.3) is 0 Å². The van der Waals surface area contributed by atoms with Gasteiger partial charge < -0.3 is 4.52 Å². The second-order valence-corrected chi connectivity index (χ2v) is 2.90. The first kappa shape index (κ1) is 12.2. The summed E-state index contributed by atoms with van der Waals surface area (Å²) < 4.78 is 23.4. The van der Waals surface area contributed by atoms with Crippen molar-refractivity contribution >= 4 is 24.3 Å². The van der Waals surface area contributed by atoms with Crippen LogP contribution in [0.3, 0.4) is 0 Å². The molecule has 0 radical (unpaired) electrons. The fourth-order valence-corrected chi connectivity index (χ4v) is 0.789. The Morgan fingerprint density at radius 1 is 1.44 bits per heavy atom. The normalized spacial score (nSPS) is 11.2. The van der Waals surface area contributed by atoms with Crippen LogP contribution in [0, 0.1) is 0 Å². The van der Waals surface area contributed by atoms with Gasteiger partial charge in [0.05, 0.1) is 6.61 Å². The van der Waals surface area contributed by atoms with Gasteiger partial charge in [-0.1, -0.05) is 6.92 Å². The zero-order valence-electron chi connectivity index (χ0n) is 5.85. The molecule has 0 amide bonds. The molecule has 0 saturated carbocycles. The van der Waals surface area contributed by atoms with Gasteiger partial charge in [-0.3, -0.25) is 4.57 Å². The van der Waals surface area contributed by atoms with E-state index in [0.29, 0.717) is 29.0 Å². The van der Waals surface area contributed by atoms with E-state index in [2.05, 4.69) is 0 Å². The molecule has 0 aliphatic carbocycles. The average molecular weight is 166 g/mol. The molecule has 0 aliphatic heterocycles. The molecule has 0 aromatic heterocycles. The van der Waals surface area contributed by atoms with E-state index in [-0.39, 0.29) is 0 Å². The van der Waals surface area contributed by atoms with E-state index in [4.69, 9.17) is 8.33 Å². The predicted molar refractivity (Wildman–Crippen MR) is 39.0 cm³/mol. The van der Waals surface area contributed by atoms with E-state index in [9.17, 15) is 4.57 Å². The monoisotopic (exact) mass is 166 g/mol. The van der Waals surface area contributed by atoms with Gasteiger partial charge in [-0.15, -0.1) is 0 Å². The fraction of sp³-hybridized carbons (Fsp3) is 1.00. The Labute approximate surface area is 64.3 Å². The van der Waals surface area contributed by atoms with Gasteiger partial charge in [-0.2, -0.15) is 0 Å². The van der Waals surface area contributed by atoms with Crippen molar-refractivity contribution in [1.29, 1.82) is 0 Å². The first-order valence-corrected chi connectivity index (χ1v) is 4.85. The van der Waals surface area contributed by atoms with E-state index in [1.165, 1.54) is 0 Å². The summed E-state index contributed by atoms with van der Waals surface area (Å²) in [5.41, 5.74) is 0. The molecule has 5 heteroatoms. The van der Waals surface area contributed by atoms with Crippen LogP contribution in [0.15, 0.2) is 0 Å². The number of rotatable bonds is 3. The van der Waals surface area contributed by atoms with Crippen LogP contribution in [-0.4, -0.2) is 29.0 Å². The van der Waals surface area contributed by atoms with Crippen molar-refractivity contribution in [2.45, 2.75) is 13.8 Å². The topological polar surface area (TPSA) is 43.4 Å². The Balaban J connectivity index is 0. The number of hydrogen-bond donors (Lipinski definition) is 0. The van der Waals surface area contributed by atoms with Gasteiger partial charge >= 0.3 is 20.0 Å². The molecule has 1 atom stereocenters. The van der Waals surface area contributed by atoms with Crippen molar-refractivity contribution in [3.05, 3.63) is 0 Å². The third-order valence-electron chi connectivity index (χ3n) is 0.594. The van der Waals surface area contributed by atoms with Crippen molar-refractivity contribution in [2.24, 2.45) is 0 Å². The molecule has 9 heavy (non-hydrogen) atoms. The molecule has 0 heterocycles. The van der Waals surface area contributed by atoms with E-state index in [0.717, 1.165) is 0 Å². The molecule has 0 rings (SSSR count). The molecule has 1 unspecified atom stereocenters. The van der Waals surface area contributed by atoms with Crippen LogP contribution in [0.1, 0.15) is 13.8 Å². The molecule has 0 saturated heterocycles. The van der Waals surface area contributed by atoms with E-state index in [1.54, 1.807) is 0 Å². The van der Waals surface area contributed by atoms with Gasteiger partial charge in [0, 0.05) is 6.16 Å². The zero-order chi connectivity index (χ0) is 7.70. The van der Waals surface area contributed by atoms with Crippen molar-refractivity contribution in [3.8, 4) is 0 Å². The Hall–Kier alpha value is 0.522. The maximum atomic E-state index is 10.4. The SMILES string of the molecule is CCO[PH](=O)CC.[O]=[AlH]. The summed E-state index contributed by atoms with van der Waals surface area (Å²) in [4.78, 5) is 0. The quantitative estimate of drug-likeness (QED) is 0.459. The van der Waals surface area contributed by atoms with Crippen molar-refractivity contribution in [2.75, 3.05) is 12.8 Å². The second kappa shape index (κ2) is 11.3. The Morgan fingerprint density at radius 2 is 1.89 bits per heavy atom. The van der Waals surface area contributed by atoms with Gasteiger partial charge in [0.1, 0.15) is 0 Å². The van der Waals surface area contributed by atoms with Crippen LogP contribution < -0.4 is 0 Å². The van der Waals surface area contributed by atoms with Crippen LogP contribution in [0.5, 0.6) is 0 Å². The van der Waals surface area contributed by atoms with Crippen molar-refractivity contribution in [1.82, 2.24) is 0 Å². The molecular weight excluding hydrogens is 154 g/mol. The summed E-state index contributed by atoms with van der Waals surface area (Å²) in [5, 5.41) is 0. The summed E-state index contributed by atoms with van der Waals surface area (Å²) in [7, 11) is -1.63. The molecular formula is C4H12AlO3P. The zero-order valence-corrected chi connectivity index (χ0v) is 8.26. The number of hydrogen-bond acceptors (Lipinski definition) is 3. The van der Waals surface area contributed by atoms with Crippen molar-refractivity contribution < 1.29 is 12.9 Å². The van der Waals surface area contributed by atoms with E-state index in [1.807, 2.05) is 13.8 Å². The van der Waals surface area contributed by atoms with Gasteiger partial charge in [-0.25, -0.2) is 0 Å². The predicted octanol–water partition coefficient (Wildman–Crippen LogP) is 0.750. The van der Waals surface area contributed by atoms with Crippen molar-refractivity contribution in [3.63, 3.8) is 0 Å². The molecule has 0 fully saturated rings. The average Bonchev–Trinajstić information content (AvgIpc) is 1.93. The van der Waals surface area contributed by atoms with Crippen LogP contribution in [-0.2, 0) is 12.9 Å². The van der Waals surface area contributed by atoms with Crippen LogP contribution in [0.25, 0.3) is 0 Å². The first-order valence-electron chi connectivity index (χ1n) is 2.75. The summed E-state index contributed by atoms with van der Waals surface area (Å²) in [6.07, 6.45) is 0.665. The summed E-state index contributed by atoms with van der Waals surface area (Å²) in [6, 6.07) is 0. The maximum absolute atomic E-state index is 10.4. The van der Waals surface area contributed by atoms with Gasteiger partial charge in [0.15, 0.2) is 8.03 Å². The molecule has 0 bridgehead atoms. The van der Waals surface area contributed by atoms with Crippen LogP contribution >= 0.6 is 8.03 Å². The molecule has 0 aromatic carbocycles. The third kappa shape index (κ3) is 11.9. The fourth-order valence-electron chi connectivity index (χ4n) is 0.263. The molecule has 0 spiro atoms. The summed E-state index contributed by atoms with van der Waals surface area (Å²) in [5.74, 6) is 0. The summed E-state index contributed by atoms with van der Waals surface area (Å²) in [6.45, 7) is 4.28. The summed E-state index contributed by atoms with van der Waals surface area (Å²) >= 11 is 0.611. The van der Waals surface area contributed by atoms with E-state index < -0.39 is 8.03 Å². The van der Waals surface area contributed by atoms with Crippen LogP contribution in [0.2, 0.25) is 0 Å². The minimum atomic E-state index is -1.63.